The van der Waals surface area contributed by atoms with Crippen LogP contribution in [-0.2, 0) is 0 Å². The lowest BCUT2D eigenvalue weighted by Gasteiger charge is -2.29. The maximum absolute atomic E-state index is 10.4. The molecule has 1 aromatic rings. The molecule has 0 atom stereocenters. The number of aliphatic hydroxyl groups is 1. The van der Waals surface area contributed by atoms with E-state index in [0.717, 1.165) is 30.7 Å². The van der Waals surface area contributed by atoms with E-state index in [1.54, 1.807) is 0 Å². The van der Waals surface area contributed by atoms with Gasteiger partial charge in [-0.3, -0.25) is 0 Å². The van der Waals surface area contributed by atoms with Crippen molar-refractivity contribution in [1.29, 1.82) is 0 Å². The van der Waals surface area contributed by atoms with E-state index in [2.05, 4.69) is 4.37 Å². The Morgan fingerprint density at radius 2 is 2.17 bits per heavy atom. The van der Waals surface area contributed by atoms with Crippen LogP contribution < -0.4 is 15.4 Å². The van der Waals surface area contributed by atoms with Gasteiger partial charge in [0.25, 0.3) is 0 Å². The van der Waals surface area contributed by atoms with Crippen molar-refractivity contribution in [2.75, 3.05) is 30.8 Å². The van der Waals surface area contributed by atoms with Crippen LogP contribution in [0.25, 0.3) is 0 Å². The molecule has 3 N–H and O–H groups in total. The van der Waals surface area contributed by atoms with Crippen molar-refractivity contribution in [1.82, 2.24) is 4.37 Å². The van der Waals surface area contributed by atoms with Crippen LogP contribution in [0.15, 0.2) is 0 Å². The normalized spacial score (nSPS) is 17.9. The molecule has 0 spiro atoms. The summed E-state index contributed by atoms with van der Waals surface area (Å²) in [5.41, 5.74) is 5.22. The first kappa shape index (κ1) is 13.4. The van der Waals surface area contributed by atoms with E-state index in [-0.39, 0.29) is 0 Å². The molecular weight excluding hydrogens is 250 g/mol. The van der Waals surface area contributed by atoms with Crippen molar-refractivity contribution in [2.45, 2.75) is 38.2 Å². The number of nitrogens with zero attached hydrogens (tertiary/aromatic N) is 2. The number of aromatic nitrogens is 1. The van der Waals surface area contributed by atoms with Crippen LogP contribution in [0.3, 0.4) is 0 Å². The quantitative estimate of drug-likeness (QED) is 0.855. The minimum atomic E-state index is -0.572. The van der Waals surface area contributed by atoms with E-state index in [9.17, 15) is 5.11 Å². The molecule has 0 amide bonds. The predicted octanol–water partition coefficient (Wildman–Crippen LogP) is 1.87. The molecule has 6 heteroatoms. The lowest BCUT2D eigenvalue weighted by atomic mass is 10.0. The molecule has 18 heavy (non-hydrogen) atoms. The molecule has 2 rings (SSSR count). The van der Waals surface area contributed by atoms with E-state index in [1.807, 2.05) is 18.9 Å². The summed E-state index contributed by atoms with van der Waals surface area (Å²) >= 11 is 1.32. The van der Waals surface area contributed by atoms with Gasteiger partial charge >= 0.3 is 0 Å². The van der Waals surface area contributed by atoms with E-state index in [1.165, 1.54) is 11.5 Å². The summed E-state index contributed by atoms with van der Waals surface area (Å²) in [5.74, 6) is 1.08. The van der Waals surface area contributed by atoms with E-state index >= 15 is 0 Å². The standard InChI is InChI=1S/C12H21N3O2S/c1-3-17-9-10(13)14-18-11(9)15(2)8-12(16)6-4-5-7-12/h16H,3-8H2,1-2H3,(H2,13,14). The van der Waals surface area contributed by atoms with Crippen LogP contribution in [0.2, 0.25) is 0 Å². The minimum Gasteiger partial charge on any atom is -0.487 e. The number of nitrogen functional groups attached to an aromatic ring is 1. The van der Waals surface area contributed by atoms with Gasteiger partial charge in [-0.1, -0.05) is 12.8 Å². The summed E-state index contributed by atoms with van der Waals surface area (Å²) in [5, 5.41) is 11.3. The smallest absolute Gasteiger partial charge is 0.197 e. The Hall–Kier alpha value is -1.01. The third kappa shape index (κ3) is 2.70. The molecule has 1 aliphatic rings. The average Bonchev–Trinajstić information content (AvgIpc) is 2.88. The van der Waals surface area contributed by atoms with Gasteiger partial charge in [-0.15, -0.1) is 0 Å². The molecule has 1 aromatic heterocycles. The van der Waals surface area contributed by atoms with Crippen molar-refractivity contribution in [3.05, 3.63) is 0 Å². The fourth-order valence-electron chi connectivity index (χ4n) is 2.51. The molecule has 102 valence electrons. The molecule has 0 bridgehead atoms. The van der Waals surface area contributed by atoms with Crippen molar-refractivity contribution < 1.29 is 9.84 Å². The summed E-state index contributed by atoms with van der Waals surface area (Å²) < 4.78 is 9.65. The molecule has 1 saturated carbocycles. The summed E-state index contributed by atoms with van der Waals surface area (Å²) in [6, 6.07) is 0. The number of likely N-dealkylation sites (N-methyl/N-ethyl adjacent to an activating group) is 1. The molecule has 0 unspecified atom stereocenters. The van der Waals surface area contributed by atoms with Crippen LogP contribution in [-0.4, -0.2) is 35.3 Å². The van der Waals surface area contributed by atoms with Crippen molar-refractivity contribution >= 4 is 22.4 Å². The third-order valence-electron chi connectivity index (χ3n) is 3.36. The zero-order valence-corrected chi connectivity index (χ0v) is 11.8. The Bertz CT molecular complexity index is 402. The number of nitrogens with two attached hydrogens (primary N) is 1. The lowest BCUT2D eigenvalue weighted by molar-refractivity contribution is 0.0560. The second-order valence-corrected chi connectivity index (χ2v) is 5.67. The summed E-state index contributed by atoms with van der Waals surface area (Å²) in [7, 11) is 1.95. The van der Waals surface area contributed by atoms with E-state index in [0.29, 0.717) is 24.7 Å². The first-order chi connectivity index (χ1) is 8.56. The Labute approximate surface area is 112 Å². The van der Waals surface area contributed by atoms with Crippen molar-refractivity contribution in [2.24, 2.45) is 0 Å². The largest absolute Gasteiger partial charge is 0.487 e. The Kier molecular flexibility index (Phi) is 3.97. The fraction of sp³-hybridized carbons (Fsp3) is 0.750. The van der Waals surface area contributed by atoms with Crippen LogP contribution >= 0.6 is 11.5 Å². The van der Waals surface area contributed by atoms with Gasteiger partial charge in [-0.05, 0) is 31.3 Å². The van der Waals surface area contributed by atoms with Gasteiger partial charge in [-0.2, -0.15) is 4.37 Å². The van der Waals surface area contributed by atoms with Crippen molar-refractivity contribution in [3.8, 4) is 5.75 Å². The molecule has 5 nitrogen and oxygen atoms in total. The molecule has 0 saturated heterocycles. The highest BCUT2D eigenvalue weighted by Gasteiger charge is 2.33. The van der Waals surface area contributed by atoms with Gasteiger partial charge in [0.05, 0.1) is 12.2 Å². The van der Waals surface area contributed by atoms with E-state index < -0.39 is 5.60 Å². The highest BCUT2D eigenvalue weighted by molar-refractivity contribution is 7.11. The average molecular weight is 271 g/mol. The zero-order chi connectivity index (χ0) is 13.2. The number of ether oxygens (including phenoxy) is 1. The van der Waals surface area contributed by atoms with Gasteiger partial charge < -0.3 is 20.5 Å². The summed E-state index contributed by atoms with van der Waals surface area (Å²) in [6.45, 7) is 3.09. The molecular formula is C12H21N3O2S. The van der Waals surface area contributed by atoms with Gasteiger partial charge in [0.15, 0.2) is 16.6 Å². The van der Waals surface area contributed by atoms with E-state index in [4.69, 9.17) is 10.5 Å². The number of hydrogen-bond donors (Lipinski definition) is 2. The first-order valence-corrected chi connectivity index (χ1v) is 7.14. The second-order valence-electron chi connectivity index (χ2n) is 4.92. The molecule has 1 fully saturated rings. The number of hydrogen-bond acceptors (Lipinski definition) is 6. The highest BCUT2D eigenvalue weighted by Crippen LogP contribution is 2.39. The monoisotopic (exact) mass is 271 g/mol. The van der Waals surface area contributed by atoms with Crippen LogP contribution in [0.1, 0.15) is 32.6 Å². The van der Waals surface area contributed by atoms with Gasteiger partial charge in [0.2, 0.25) is 0 Å². The minimum absolute atomic E-state index is 0.433. The SMILES string of the molecule is CCOc1c(N)nsc1N(C)CC1(O)CCCC1. The topological polar surface area (TPSA) is 71.6 Å². The molecule has 0 aromatic carbocycles. The zero-order valence-electron chi connectivity index (χ0n) is 11.0. The number of rotatable bonds is 5. The van der Waals surface area contributed by atoms with Gasteiger partial charge in [0.1, 0.15) is 0 Å². The van der Waals surface area contributed by atoms with Crippen molar-refractivity contribution in [3.63, 3.8) is 0 Å². The number of anilines is 2. The fourth-order valence-corrected chi connectivity index (χ4v) is 3.23. The second kappa shape index (κ2) is 5.32. The summed E-state index contributed by atoms with van der Waals surface area (Å²) in [4.78, 5) is 2.00. The van der Waals surface area contributed by atoms with Gasteiger partial charge in [0, 0.05) is 13.6 Å². The molecule has 1 heterocycles. The molecule has 0 radical (unpaired) electrons. The molecule has 1 aliphatic carbocycles. The Balaban J connectivity index is 2.10. The van der Waals surface area contributed by atoms with Gasteiger partial charge in [-0.25, -0.2) is 0 Å². The molecule has 0 aliphatic heterocycles. The Morgan fingerprint density at radius 1 is 1.50 bits per heavy atom. The van der Waals surface area contributed by atoms with Crippen LogP contribution in [0.5, 0.6) is 5.75 Å². The van der Waals surface area contributed by atoms with Crippen LogP contribution in [0, 0.1) is 0 Å². The first-order valence-electron chi connectivity index (χ1n) is 6.37. The highest BCUT2D eigenvalue weighted by atomic mass is 32.1. The third-order valence-corrected chi connectivity index (χ3v) is 4.32. The Morgan fingerprint density at radius 3 is 2.78 bits per heavy atom. The maximum Gasteiger partial charge on any atom is 0.197 e. The predicted molar refractivity (Wildman–Crippen MR) is 74.4 cm³/mol. The lowest BCUT2D eigenvalue weighted by Crippen LogP contribution is -2.39. The maximum atomic E-state index is 10.4. The van der Waals surface area contributed by atoms with Crippen LogP contribution in [0.4, 0.5) is 10.8 Å². The summed E-state index contributed by atoms with van der Waals surface area (Å²) in [6.07, 6.45) is 3.95.